The Morgan fingerprint density at radius 3 is 2.53 bits per heavy atom. The minimum atomic E-state index is -4.20. The molecule has 0 saturated carbocycles. The molecule has 1 N–H and O–H groups in total. The van der Waals surface area contributed by atoms with Gasteiger partial charge in [0.15, 0.2) is 0 Å². The predicted molar refractivity (Wildman–Crippen MR) is 60.1 cm³/mol. The van der Waals surface area contributed by atoms with E-state index in [9.17, 15) is 13.2 Å². The Morgan fingerprint density at radius 2 is 1.94 bits per heavy atom. The molecule has 0 saturated heterocycles. The highest BCUT2D eigenvalue weighted by Crippen LogP contribution is 2.25. The quantitative estimate of drug-likeness (QED) is 0.862. The largest absolute Gasteiger partial charge is 0.494 e. The van der Waals surface area contributed by atoms with Crippen LogP contribution in [0.2, 0.25) is 0 Å². The SMILES string of the molecule is CCOc1ccccc1C(C)NCC(F)(F)F. The monoisotopic (exact) mass is 247 g/mol. The van der Waals surface area contributed by atoms with E-state index in [0.29, 0.717) is 12.4 Å². The Kier molecular flexibility index (Phi) is 4.81. The van der Waals surface area contributed by atoms with Crippen molar-refractivity contribution in [3.05, 3.63) is 29.8 Å². The van der Waals surface area contributed by atoms with Crippen molar-refractivity contribution in [3.8, 4) is 5.75 Å². The van der Waals surface area contributed by atoms with E-state index in [1.807, 2.05) is 6.92 Å². The molecule has 0 amide bonds. The van der Waals surface area contributed by atoms with E-state index in [1.165, 1.54) is 0 Å². The topological polar surface area (TPSA) is 21.3 Å². The first-order valence-corrected chi connectivity index (χ1v) is 5.46. The van der Waals surface area contributed by atoms with Gasteiger partial charge in [-0.1, -0.05) is 18.2 Å². The Balaban J connectivity index is 2.70. The number of benzene rings is 1. The van der Waals surface area contributed by atoms with Crippen molar-refractivity contribution in [2.45, 2.75) is 26.1 Å². The van der Waals surface area contributed by atoms with Gasteiger partial charge >= 0.3 is 6.18 Å². The smallest absolute Gasteiger partial charge is 0.401 e. The van der Waals surface area contributed by atoms with E-state index < -0.39 is 18.8 Å². The second-order valence-corrected chi connectivity index (χ2v) is 3.69. The number of alkyl halides is 3. The number of para-hydroxylation sites is 1. The molecule has 0 spiro atoms. The minimum Gasteiger partial charge on any atom is -0.494 e. The molecular weight excluding hydrogens is 231 g/mol. The molecule has 5 heteroatoms. The summed E-state index contributed by atoms with van der Waals surface area (Å²) >= 11 is 0. The molecule has 2 nitrogen and oxygen atoms in total. The van der Waals surface area contributed by atoms with Gasteiger partial charge in [-0.3, -0.25) is 0 Å². The molecule has 0 radical (unpaired) electrons. The van der Waals surface area contributed by atoms with E-state index in [1.54, 1.807) is 31.2 Å². The van der Waals surface area contributed by atoms with Crippen molar-refractivity contribution in [3.63, 3.8) is 0 Å². The average molecular weight is 247 g/mol. The molecule has 0 heterocycles. The molecule has 0 aliphatic heterocycles. The molecule has 1 aromatic rings. The van der Waals surface area contributed by atoms with Crippen molar-refractivity contribution in [1.29, 1.82) is 0 Å². The molecule has 0 bridgehead atoms. The second kappa shape index (κ2) is 5.91. The molecule has 1 rings (SSSR count). The van der Waals surface area contributed by atoms with Gasteiger partial charge in [-0.25, -0.2) is 0 Å². The van der Waals surface area contributed by atoms with Gasteiger partial charge < -0.3 is 10.1 Å². The summed E-state index contributed by atoms with van der Waals surface area (Å²) in [4.78, 5) is 0. The van der Waals surface area contributed by atoms with Crippen LogP contribution < -0.4 is 10.1 Å². The standard InChI is InChI=1S/C12H16F3NO/c1-3-17-11-7-5-4-6-10(11)9(2)16-8-12(13,14)15/h4-7,9,16H,3,8H2,1-2H3. The zero-order valence-electron chi connectivity index (χ0n) is 9.84. The van der Waals surface area contributed by atoms with E-state index >= 15 is 0 Å². The fourth-order valence-corrected chi connectivity index (χ4v) is 1.50. The van der Waals surface area contributed by atoms with Crippen LogP contribution >= 0.6 is 0 Å². The second-order valence-electron chi connectivity index (χ2n) is 3.69. The van der Waals surface area contributed by atoms with Gasteiger partial charge in [-0.2, -0.15) is 13.2 Å². The van der Waals surface area contributed by atoms with E-state index in [4.69, 9.17) is 4.74 Å². The molecule has 0 aromatic heterocycles. The van der Waals surface area contributed by atoms with Gasteiger partial charge in [0.05, 0.1) is 13.2 Å². The minimum absolute atomic E-state index is 0.403. The third-order valence-electron chi connectivity index (χ3n) is 2.29. The lowest BCUT2D eigenvalue weighted by molar-refractivity contribution is -0.126. The summed E-state index contributed by atoms with van der Waals surface area (Å²) in [5.74, 6) is 0.622. The summed E-state index contributed by atoms with van der Waals surface area (Å²) in [7, 11) is 0. The maximum atomic E-state index is 12.1. The van der Waals surface area contributed by atoms with E-state index in [2.05, 4.69) is 5.32 Å². The van der Waals surface area contributed by atoms with E-state index in [-0.39, 0.29) is 0 Å². The maximum Gasteiger partial charge on any atom is 0.401 e. The molecular formula is C12H16F3NO. The van der Waals surface area contributed by atoms with Gasteiger partial charge in [0, 0.05) is 11.6 Å². The predicted octanol–water partition coefficient (Wildman–Crippen LogP) is 3.30. The highest BCUT2D eigenvalue weighted by Gasteiger charge is 2.27. The lowest BCUT2D eigenvalue weighted by atomic mass is 10.1. The highest BCUT2D eigenvalue weighted by atomic mass is 19.4. The van der Waals surface area contributed by atoms with Crippen molar-refractivity contribution in [2.24, 2.45) is 0 Å². The van der Waals surface area contributed by atoms with Crippen LogP contribution in [0.25, 0.3) is 0 Å². The molecule has 0 aliphatic carbocycles. The number of rotatable bonds is 5. The molecule has 1 atom stereocenters. The van der Waals surface area contributed by atoms with Gasteiger partial charge in [-0.15, -0.1) is 0 Å². The Hall–Kier alpha value is -1.23. The summed E-state index contributed by atoms with van der Waals surface area (Å²) in [5.41, 5.74) is 0.735. The zero-order chi connectivity index (χ0) is 12.9. The summed E-state index contributed by atoms with van der Waals surface area (Å²) < 4.78 is 41.6. The Morgan fingerprint density at radius 1 is 1.29 bits per heavy atom. The lowest BCUT2D eigenvalue weighted by Crippen LogP contribution is -2.31. The third kappa shape index (κ3) is 4.65. The zero-order valence-corrected chi connectivity index (χ0v) is 9.84. The van der Waals surface area contributed by atoms with Crippen molar-refractivity contribution >= 4 is 0 Å². The third-order valence-corrected chi connectivity index (χ3v) is 2.29. The van der Waals surface area contributed by atoms with Crippen molar-refractivity contribution < 1.29 is 17.9 Å². The van der Waals surface area contributed by atoms with Crippen LogP contribution in [0, 0.1) is 0 Å². The first-order valence-electron chi connectivity index (χ1n) is 5.46. The number of hydrogen-bond acceptors (Lipinski definition) is 2. The normalized spacial score (nSPS) is 13.5. The molecule has 1 aromatic carbocycles. The average Bonchev–Trinajstić information content (AvgIpc) is 2.26. The number of nitrogens with one attached hydrogen (secondary N) is 1. The first-order chi connectivity index (χ1) is 7.94. The highest BCUT2D eigenvalue weighted by molar-refractivity contribution is 5.35. The van der Waals surface area contributed by atoms with Gasteiger partial charge in [-0.05, 0) is 19.9 Å². The van der Waals surface area contributed by atoms with Crippen molar-refractivity contribution in [1.82, 2.24) is 5.32 Å². The summed E-state index contributed by atoms with van der Waals surface area (Å²) in [6.45, 7) is 3.01. The van der Waals surface area contributed by atoms with Crippen LogP contribution in [0.3, 0.4) is 0 Å². The lowest BCUT2D eigenvalue weighted by Gasteiger charge is -2.18. The van der Waals surface area contributed by atoms with Gasteiger partial charge in [0.1, 0.15) is 5.75 Å². The molecule has 96 valence electrons. The van der Waals surface area contributed by atoms with Crippen LogP contribution in [-0.4, -0.2) is 19.3 Å². The summed E-state index contributed by atoms with van der Waals surface area (Å²) in [6, 6.07) is 6.69. The molecule has 0 aliphatic rings. The first kappa shape index (κ1) is 13.8. The fourth-order valence-electron chi connectivity index (χ4n) is 1.50. The van der Waals surface area contributed by atoms with Crippen LogP contribution in [0.4, 0.5) is 13.2 Å². The summed E-state index contributed by atoms with van der Waals surface area (Å²) in [5, 5.41) is 2.43. The maximum absolute atomic E-state index is 12.1. The molecule has 1 unspecified atom stereocenters. The van der Waals surface area contributed by atoms with Crippen LogP contribution in [0.5, 0.6) is 5.75 Å². The van der Waals surface area contributed by atoms with Crippen LogP contribution in [-0.2, 0) is 0 Å². The number of halogens is 3. The van der Waals surface area contributed by atoms with Gasteiger partial charge in [0.2, 0.25) is 0 Å². The van der Waals surface area contributed by atoms with Crippen molar-refractivity contribution in [2.75, 3.05) is 13.2 Å². The molecule has 0 fully saturated rings. The van der Waals surface area contributed by atoms with Gasteiger partial charge in [0.25, 0.3) is 0 Å². The van der Waals surface area contributed by atoms with E-state index in [0.717, 1.165) is 5.56 Å². The fraction of sp³-hybridized carbons (Fsp3) is 0.500. The molecule has 17 heavy (non-hydrogen) atoms. The summed E-state index contributed by atoms with van der Waals surface area (Å²) in [6.07, 6.45) is -4.20. The number of hydrogen-bond donors (Lipinski definition) is 1. The Labute approximate surface area is 98.8 Å². The van der Waals surface area contributed by atoms with Crippen LogP contribution in [0.15, 0.2) is 24.3 Å². The Bertz CT molecular complexity index is 352. The number of ether oxygens (including phenoxy) is 1. The van der Waals surface area contributed by atoms with Crippen LogP contribution in [0.1, 0.15) is 25.5 Å².